The number of hydrogen-bond acceptors (Lipinski definition) is 4. The topological polar surface area (TPSA) is 85.8 Å². The molecule has 21 heavy (non-hydrogen) atoms. The molecule has 0 aliphatic carbocycles. The molecule has 0 fully saturated rings. The lowest BCUT2D eigenvalue weighted by atomic mass is 10.1. The largest absolute Gasteiger partial charge is 0.349 e. The van der Waals surface area contributed by atoms with E-state index >= 15 is 0 Å². The van der Waals surface area contributed by atoms with Crippen molar-refractivity contribution in [2.45, 2.75) is 32.7 Å². The Labute approximate surface area is 124 Å². The highest BCUT2D eigenvalue weighted by Crippen LogP contribution is 2.11. The molecule has 6 heteroatoms. The van der Waals surface area contributed by atoms with Gasteiger partial charge in [-0.25, -0.2) is 4.68 Å². The molecule has 0 saturated heterocycles. The van der Waals surface area contributed by atoms with Gasteiger partial charge >= 0.3 is 0 Å². The van der Waals surface area contributed by atoms with Crippen molar-refractivity contribution in [2.24, 2.45) is 5.73 Å². The molecule has 0 spiro atoms. The number of nitrogens with two attached hydrogens (primary N) is 1. The van der Waals surface area contributed by atoms with Crippen molar-refractivity contribution in [3.63, 3.8) is 0 Å². The molecule has 0 atom stereocenters. The van der Waals surface area contributed by atoms with Crippen LogP contribution < -0.4 is 11.1 Å². The fourth-order valence-electron chi connectivity index (χ4n) is 1.96. The number of hydrogen-bond donors (Lipinski definition) is 2. The molecule has 1 aromatic carbocycles. The van der Waals surface area contributed by atoms with Crippen LogP contribution in [0.5, 0.6) is 0 Å². The molecule has 1 amide bonds. The summed E-state index contributed by atoms with van der Waals surface area (Å²) in [5.41, 5.74) is 8.22. The van der Waals surface area contributed by atoms with E-state index in [1.54, 1.807) is 10.9 Å². The molecule has 0 radical (unpaired) electrons. The molecular weight excluding hydrogens is 266 g/mol. The number of amides is 1. The number of carbonyl (C=O) groups excluding carboxylic acids is 1. The third-order valence-electron chi connectivity index (χ3n) is 3.21. The van der Waals surface area contributed by atoms with Crippen LogP contribution in [-0.2, 0) is 17.8 Å². The first-order valence-electron chi connectivity index (χ1n) is 7.20. The third kappa shape index (κ3) is 4.39. The molecular formula is C15H21N5O. The van der Waals surface area contributed by atoms with Gasteiger partial charge in [-0.3, -0.25) is 4.79 Å². The number of aryl methyl sites for hydroxylation is 1. The van der Waals surface area contributed by atoms with Crippen LogP contribution in [0.1, 0.15) is 31.0 Å². The first-order valence-corrected chi connectivity index (χ1v) is 7.20. The Morgan fingerprint density at radius 1 is 1.33 bits per heavy atom. The minimum Gasteiger partial charge on any atom is -0.349 e. The quantitative estimate of drug-likeness (QED) is 0.801. The van der Waals surface area contributed by atoms with Gasteiger partial charge in [0, 0.05) is 0 Å². The fourth-order valence-corrected chi connectivity index (χ4v) is 1.96. The number of nitrogens with zero attached hydrogens (tertiary/aromatic N) is 3. The van der Waals surface area contributed by atoms with Gasteiger partial charge in [-0.1, -0.05) is 30.7 Å². The van der Waals surface area contributed by atoms with E-state index in [-0.39, 0.29) is 12.5 Å². The highest BCUT2D eigenvalue weighted by Gasteiger charge is 2.04. The van der Waals surface area contributed by atoms with Gasteiger partial charge in [0.05, 0.1) is 25.0 Å². The molecule has 2 rings (SSSR count). The van der Waals surface area contributed by atoms with Gasteiger partial charge in [-0.15, -0.1) is 5.10 Å². The first-order chi connectivity index (χ1) is 10.2. The van der Waals surface area contributed by atoms with Gasteiger partial charge in [0.25, 0.3) is 0 Å². The van der Waals surface area contributed by atoms with Crippen molar-refractivity contribution in [1.29, 1.82) is 0 Å². The summed E-state index contributed by atoms with van der Waals surface area (Å²) in [7, 11) is 0. The second-order valence-corrected chi connectivity index (χ2v) is 4.91. The van der Waals surface area contributed by atoms with E-state index in [1.165, 1.54) is 18.4 Å². The van der Waals surface area contributed by atoms with Crippen molar-refractivity contribution >= 4 is 5.91 Å². The highest BCUT2D eigenvalue weighted by molar-refractivity contribution is 5.77. The SMILES string of the molecule is CCCCc1ccc(-n2cc(CNC(=O)CN)nn2)cc1. The minimum absolute atomic E-state index is 0.0205. The first kappa shape index (κ1) is 15.2. The Hall–Kier alpha value is -2.21. The zero-order chi connectivity index (χ0) is 15.1. The summed E-state index contributed by atoms with van der Waals surface area (Å²) in [6.45, 7) is 2.51. The lowest BCUT2D eigenvalue weighted by Crippen LogP contribution is -2.29. The predicted molar refractivity (Wildman–Crippen MR) is 80.9 cm³/mol. The van der Waals surface area contributed by atoms with E-state index in [9.17, 15) is 4.79 Å². The van der Waals surface area contributed by atoms with Crippen molar-refractivity contribution < 1.29 is 4.79 Å². The lowest BCUT2D eigenvalue weighted by molar-refractivity contribution is -0.119. The second kappa shape index (κ2) is 7.54. The molecule has 0 unspecified atom stereocenters. The van der Waals surface area contributed by atoms with Crippen molar-refractivity contribution in [3.05, 3.63) is 41.7 Å². The van der Waals surface area contributed by atoms with Crippen LogP contribution >= 0.6 is 0 Å². The summed E-state index contributed by atoms with van der Waals surface area (Å²) >= 11 is 0. The van der Waals surface area contributed by atoms with Crippen molar-refractivity contribution in [2.75, 3.05) is 6.54 Å². The Kier molecular flexibility index (Phi) is 5.45. The zero-order valence-electron chi connectivity index (χ0n) is 12.2. The Morgan fingerprint density at radius 3 is 2.76 bits per heavy atom. The smallest absolute Gasteiger partial charge is 0.234 e. The average Bonchev–Trinajstić information content (AvgIpc) is 3.00. The second-order valence-electron chi connectivity index (χ2n) is 4.91. The summed E-state index contributed by atoms with van der Waals surface area (Å²) in [4.78, 5) is 11.1. The standard InChI is InChI=1S/C15H21N5O/c1-2-3-4-12-5-7-14(8-6-12)20-11-13(18-19-20)10-17-15(21)9-16/h5-8,11H,2-4,9-10,16H2,1H3,(H,17,21). The average molecular weight is 287 g/mol. The van der Waals surface area contributed by atoms with Crippen LogP contribution in [0.4, 0.5) is 0 Å². The number of rotatable bonds is 7. The molecule has 1 aromatic heterocycles. The molecule has 0 aliphatic rings. The highest BCUT2D eigenvalue weighted by atomic mass is 16.1. The normalized spacial score (nSPS) is 10.6. The molecule has 0 aliphatic heterocycles. The van der Waals surface area contributed by atoms with Crippen LogP contribution in [0.15, 0.2) is 30.5 Å². The molecule has 6 nitrogen and oxygen atoms in total. The van der Waals surface area contributed by atoms with Crippen LogP contribution in [0.2, 0.25) is 0 Å². The number of nitrogens with one attached hydrogen (secondary N) is 1. The number of unbranched alkanes of at least 4 members (excludes halogenated alkanes) is 1. The minimum atomic E-state index is -0.204. The summed E-state index contributed by atoms with van der Waals surface area (Å²) in [5, 5.41) is 10.8. The molecule has 2 aromatic rings. The molecule has 112 valence electrons. The van der Waals surface area contributed by atoms with Crippen LogP contribution in [-0.4, -0.2) is 27.4 Å². The Balaban J connectivity index is 1.98. The van der Waals surface area contributed by atoms with Crippen LogP contribution in [0.3, 0.4) is 0 Å². The van der Waals surface area contributed by atoms with E-state index in [2.05, 4.69) is 34.7 Å². The van der Waals surface area contributed by atoms with E-state index in [0.29, 0.717) is 12.2 Å². The van der Waals surface area contributed by atoms with Gasteiger partial charge in [-0.2, -0.15) is 0 Å². The van der Waals surface area contributed by atoms with E-state index in [0.717, 1.165) is 12.1 Å². The van der Waals surface area contributed by atoms with E-state index in [1.807, 2.05) is 12.1 Å². The van der Waals surface area contributed by atoms with Gasteiger partial charge in [-0.05, 0) is 30.5 Å². The summed E-state index contributed by atoms with van der Waals surface area (Å²) in [6.07, 6.45) is 5.30. The molecule has 3 N–H and O–H groups in total. The van der Waals surface area contributed by atoms with Crippen LogP contribution in [0, 0.1) is 0 Å². The molecule has 1 heterocycles. The molecule has 0 bridgehead atoms. The summed E-state index contributed by atoms with van der Waals surface area (Å²) in [6, 6.07) is 8.29. The molecule has 0 saturated carbocycles. The Morgan fingerprint density at radius 2 is 2.10 bits per heavy atom. The number of aromatic nitrogens is 3. The van der Waals surface area contributed by atoms with Crippen LogP contribution in [0.25, 0.3) is 5.69 Å². The third-order valence-corrected chi connectivity index (χ3v) is 3.21. The zero-order valence-corrected chi connectivity index (χ0v) is 12.2. The van der Waals surface area contributed by atoms with Crippen molar-refractivity contribution in [1.82, 2.24) is 20.3 Å². The Bertz CT molecular complexity index is 576. The van der Waals surface area contributed by atoms with Gasteiger partial charge in [0.2, 0.25) is 5.91 Å². The van der Waals surface area contributed by atoms with E-state index < -0.39 is 0 Å². The van der Waals surface area contributed by atoms with Gasteiger partial charge < -0.3 is 11.1 Å². The fraction of sp³-hybridized carbons (Fsp3) is 0.400. The lowest BCUT2D eigenvalue weighted by Gasteiger charge is -2.03. The number of carbonyl (C=O) groups is 1. The van der Waals surface area contributed by atoms with Gasteiger partial charge in [0.15, 0.2) is 0 Å². The maximum absolute atomic E-state index is 11.1. The predicted octanol–water partition coefficient (Wildman–Crippen LogP) is 1.18. The summed E-state index contributed by atoms with van der Waals surface area (Å²) in [5.74, 6) is -0.204. The monoisotopic (exact) mass is 287 g/mol. The number of benzene rings is 1. The van der Waals surface area contributed by atoms with Gasteiger partial charge in [0.1, 0.15) is 5.69 Å². The maximum atomic E-state index is 11.1. The van der Waals surface area contributed by atoms with E-state index in [4.69, 9.17) is 5.73 Å². The maximum Gasteiger partial charge on any atom is 0.234 e. The van der Waals surface area contributed by atoms with Crippen molar-refractivity contribution in [3.8, 4) is 5.69 Å². The summed E-state index contributed by atoms with van der Waals surface area (Å²) < 4.78 is 1.70.